The number of fused-ring (bicyclic) bond motifs is 5. The fraction of sp³-hybridized carbons (Fsp3) is 0.125. The van der Waals surface area contributed by atoms with Crippen LogP contribution < -0.4 is 5.32 Å². The lowest BCUT2D eigenvalue weighted by Gasteiger charge is -2.26. The van der Waals surface area contributed by atoms with Crippen LogP contribution in [0, 0.1) is 0 Å². The average molecular weight is 219 g/mol. The van der Waals surface area contributed by atoms with Gasteiger partial charge >= 0.3 is 0 Å². The maximum absolute atomic E-state index is 3.63. The summed E-state index contributed by atoms with van der Waals surface area (Å²) in [4.78, 5) is 0. The van der Waals surface area contributed by atoms with Gasteiger partial charge in [0.1, 0.15) is 0 Å². The van der Waals surface area contributed by atoms with E-state index >= 15 is 0 Å². The summed E-state index contributed by atoms with van der Waals surface area (Å²) in [6.07, 6.45) is 2.32. The highest BCUT2D eigenvalue weighted by molar-refractivity contribution is 5.92. The first-order valence-corrected chi connectivity index (χ1v) is 6.06. The van der Waals surface area contributed by atoms with Crippen molar-refractivity contribution >= 4 is 11.6 Å². The third-order valence-corrected chi connectivity index (χ3v) is 3.75. The Morgan fingerprint density at radius 3 is 2.76 bits per heavy atom. The average Bonchev–Trinajstić information content (AvgIpc) is 2.78. The maximum atomic E-state index is 3.63. The second-order valence-corrected chi connectivity index (χ2v) is 4.70. The summed E-state index contributed by atoms with van der Waals surface area (Å²) in [6, 6.07) is 17.7. The second-order valence-electron chi connectivity index (χ2n) is 4.70. The van der Waals surface area contributed by atoms with Crippen molar-refractivity contribution in [3.8, 4) is 0 Å². The first-order valence-electron chi connectivity index (χ1n) is 6.06. The van der Waals surface area contributed by atoms with Crippen molar-refractivity contribution < 1.29 is 0 Å². The van der Waals surface area contributed by atoms with E-state index in [4.69, 9.17) is 0 Å². The van der Waals surface area contributed by atoms with Crippen molar-refractivity contribution in [1.82, 2.24) is 5.32 Å². The van der Waals surface area contributed by atoms with E-state index in [-0.39, 0.29) is 0 Å². The Bertz CT molecular complexity index is 625. The van der Waals surface area contributed by atoms with Crippen LogP contribution in [0.4, 0.5) is 0 Å². The van der Waals surface area contributed by atoms with Crippen LogP contribution in [0.5, 0.6) is 0 Å². The van der Waals surface area contributed by atoms with Gasteiger partial charge in [0.25, 0.3) is 0 Å². The number of rotatable bonds is 0. The van der Waals surface area contributed by atoms with Gasteiger partial charge in [-0.25, -0.2) is 0 Å². The van der Waals surface area contributed by atoms with E-state index in [0.29, 0.717) is 6.04 Å². The fourth-order valence-corrected chi connectivity index (χ4v) is 2.94. The quantitative estimate of drug-likeness (QED) is 0.716. The zero-order valence-corrected chi connectivity index (χ0v) is 9.48. The zero-order valence-electron chi connectivity index (χ0n) is 9.48. The lowest BCUT2D eigenvalue weighted by molar-refractivity contribution is 0.619. The first-order chi connectivity index (χ1) is 8.43. The molecule has 1 aliphatic carbocycles. The smallest absolute Gasteiger partial charge is 0.0591 e. The Labute approximate surface area is 101 Å². The van der Waals surface area contributed by atoms with Crippen molar-refractivity contribution in [2.75, 3.05) is 0 Å². The number of hydrogen-bond acceptors (Lipinski definition) is 1. The predicted molar refractivity (Wildman–Crippen MR) is 70.3 cm³/mol. The molecule has 0 saturated heterocycles. The molecule has 0 saturated carbocycles. The standard InChI is InChI=1S/C16H13N/c1-4-8-14-11(5-1)9-15-13-7-3-2-6-12(13)10-17-16(14)15/h1-9,16-17H,10H2. The van der Waals surface area contributed by atoms with Crippen LogP contribution in [0.3, 0.4) is 0 Å². The van der Waals surface area contributed by atoms with Gasteiger partial charge in [0, 0.05) is 6.54 Å². The van der Waals surface area contributed by atoms with E-state index in [0.717, 1.165) is 6.54 Å². The van der Waals surface area contributed by atoms with Gasteiger partial charge in [-0.2, -0.15) is 0 Å². The van der Waals surface area contributed by atoms with Gasteiger partial charge < -0.3 is 5.32 Å². The van der Waals surface area contributed by atoms with E-state index in [1.807, 2.05) is 0 Å². The van der Waals surface area contributed by atoms with Gasteiger partial charge in [0.2, 0.25) is 0 Å². The molecule has 2 aliphatic rings. The molecule has 4 rings (SSSR count). The first kappa shape index (κ1) is 9.20. The number of benzene rings is 2. The monoisotopic (exact) mass is 219 g/mol. The van der Waals surface area contributed by atoms with Crippen LogP contribution in [-0.2, 0) is 6.54 Å². The molecule has 2 aromatic rings. The maximum Gasteiger partial charge on any atom is 0.0591 e. The highest BCUT2D eigenvalue weighted by atomic mass is 14.9. The van der Waals surface area contributed by atoms with E-state index in [1.165, 1.54) is 27.8 Å². The molecule has 0 spiro atoms. The van der Waals surface area contributed by atoms with Gasteiger partial charge in [-0.3, -0.25) is 0 Å². The van der Waals surface area contributed by atoms with Gasteiger partial charge in [-0.05, 0) is 33.9 Å². The molecule has 0 amide bonds. The van der Waals surface area contributed by atoms with Crippen LogP contribution in [-0.4, -0.2) is 0 Å². The van der Waals surface area contributed by atoms with Crippen molar-refractivity contribution in [2.45, 2.75) is 12.6 Å². The molecule has 1 heteroatoms. The van der Waals surface area contributed by atoms with Crippen LogP contribution in [0.1, 0.15) is 28.3 Å². The molecular weight excluding hydrogens is 206 g/mol. The minimum absolute atomic E-state index is 0.390. The normalized spacial score (nSPS) is 20.2. The highest BCUT2D eigenvalue weighted by Crippen LogP contribution is 2.43. The van der Waals surface area contributed by atoms with Crippen molar-refractivity contribution in [3.63, 3.8) is 0 Å². The minimum atomic E-state index is 0.390. The Balaban J connectivity index is 1.93. The predicted octanol–water partition coefficient (Wildman–Crippen LogP) is 3.39. The largest absolute Gasteiger partial charge is 0.302 e. The fourth-order valence-electron chi connectivity index (χ4n) is 2.94. The zero-order chi connectivity index (χ0) is 11.2. The Morgan fingerprint density at radius 2 is 1.76 bits per heavy atom. The van der Waals surface area contributed by atoms with E-state index in [1.54, 1.807) is 0 Å². The summed E-state index contributed by atoms with van der Waals surface area (Å²) in [5, 5.41) is 3.63. The Morgan fingerprint density at radius 1 is 0.941 bits per heavy atom. The lowest BCUT2D eigenvalue weighted by Crippen LogP contribution is -2.25. The summed E-state index contributed by atoms with van der Waals surface area (Å²) < 4.78 is 0. The minimum Gasteiger partial charge on any atom is -0.302 e. The van der Waals surface area contributed by atoms with E-state index < -0.39 is 0 Å². The highest BCUT2D eigenvalue weighted by Gasteiger charge is 2.29. The van der Waals surface area contributed by atoms with E-state index in [2.05, 4.69) is 59.9 Å². The second kappa shape index (κ2) is 3.31. The molecule has 1 heterocycles. The van der Waals surface area contributed by atoms with E-state index in [9.17, 15) is 0 Å². The molecule has 1 aliphatic heterocycles. The van der Waals surface area contributed by atoms with Crippen molar-refractivity contribution in [1.29, 1.82) is 0 Å². The summed E-state index contributed by atoms with van der Waals surface area (Å²) >= 11 is 0. The number of nitrogens with one attached hydrogen (secondary N) is 1. The number of hydrogen-bond donors (Lipinski definition) is 1. The summed E-state index contributed by atoms with van der Waals surface area (Å²) in [5.41, 5.74) is 7.01. The molecule has 0 bridgehead atoms. The molecule has 17 heavy (non-hydrogen) atoms. The van der Waals surface area contributed by atoms with Crippen molar-refractivity contribution in [2.24, 2.45) is 0 Å². The summed E-state index contributed by atoms with van der Waals surface area (Å²) in [5.74, 6) is 0. The Hall–Kier alpha value is -1.86. The third-order valence-electron chi connectivity index (χ3n) is 3.75. The Kier molecular flexibility index (Phi) is 1.79. The molecule has 0 aromatic heterocycles. The molecule has 82 valence electrons. The third kappa shape index (κ3) is 1.23. The molecule has 1 nitrogen and oxygen atoms in total. The molecule has 2 aromatic carbocycles. The van der Waals surface area contributed by atoms with Gasteiger partial charge in [0.05, 0.1) is 6.04 Å². The summed E-state index contributed by atoms with van der Waals surface area (Å²) in [7, 11) is 0. The molecule has 1 atom stereocenters. The lowest BCUT2D eigenvalue weighted by atomic mass is 9.90. The van der Waals surface area contributed by atoms with Crippen LogP contribution >= 0.6 is 0 Å². The van der Waals surface area contributed by atoms with Crippen molar-refractivity contribution in [3.05, 3.63) is 70.8 Å². The SMILES string of the molecule is C1=C2c3ccccc3CNC2c2ccccc21. The van der Waals surface area contributed by atoms with Gasteiger partial charge in [-0.1, -0.05) is 48.5 Å². The van der Waals surface area contributed by atoms with Gasteiger partial charge in [-0.15, -0.1) is 0 Å². The molecule has 0 fully saturated rings. The van der Waals surface area contributed by atoms with Crippen LogP contribution in [0.15, 0.2) is 48.5 Å². The van der Waals surface area contributed by atoms with Gasteiger partial charge in [0.15, 0.2) is 0 Å². The molecular formula is C16H13N. The molecule has 1 N–H and O–H groups in total. The topological polar surface area (TPSA) is 12.0 Å². The van der Waals surface area contributed by atoms with Crippen LogP contribution in [0.25, 0.3) is 11.6 Å². The molecule has 0 radical (unpaired) electrons. The van der Waals surface area contributed by atoms with Crippen LogP contribution in [0.2, 0.25) is 0 Å². The summed E-state index contributed by atoms with van der Waals surface area (Å²) in [6.45, 7) is 0.965. The molecule has 1 unspecified atom stereocenters.